The molecule has 1 N–H and O–H groups in total. The average Bonchev–Trinajstić information content (AvgIpc) is 2.34. The second-order valence-electron chi connectivity index (χ2n) is 4.28. The monoisotopic (exact) mass is 265 g/mol. The number of anilines is 1. The van der Waals surface area contributed by atoms with E-state index in [0.717, 1.165) is 23.4 Å². The van der Waals surface area contributed by atoms with Crippen LogP contribution in [0, 0.1) is 6.92 Å². The molecule has 0 heterocycles. The summed E-state index contributed by atoms with van der Waals surface area (Å²) in [4.78, 5) is 11.6. The second kappa shape index (κ2) is 7.67. The third kappa shape index (κ3) is 4.47. The average molecular weight is 265 g/mol. The van der Waals surface area contributed by atoms with Crippen LogP contribution in [-0.4, -0.2) is 19.1 Å². The number of aryl methyl sites for hydroxylation is 1. The minimum atomic E-state index is 0.0218. The fourth-order valence-electron chi connectivity index (χ4n) is 1.86. The fourth-order valence-corrected chi connectivity index (χ4v) is 1.86. The summed E-state index contributed by atoms with van der Waals surface area (Å²) in [5.41, 5.74) is 1.71. The van der Waals surface area contributed by atoms with Crippen molar-refractivity contribution in [1.82, 2.24) is 0 Å². The van der Waals surface area contributed by atoms with Crippen LogP contribution in [0.5, 0.6) is 11.5 Å². The van der Waals surface area contributed by atoms with Crippen LogP contribution in [0.4, 0.5) is 5.69 Å². The summed E-state index contributed by atoms with van der Waals surface area (Å²) in [6.45, 7) is 8.94. The Hall–Kier alpha value is -1.71. The number of ether oxygens (including phenoxy) is 2. The molecule has 0 fully saturated rings. The van der Waals surface area contributed by atoms with Gasteiger partial charge in [0.25, 0.3) is 0 Å². The van der Waals surface area contributed by atoms with Crippen molar-refractivity contribution in [1.29, 1.82) is 0 Å². The largest absolute Gasteiger partial charge is 0.490 e. The number of carbonyl (C=O) groups is 1. The van der Waals surface area contributed by atoms with E-state index in [2.05, 4.69) is 5.32 Å². The highest BCUT2D eigenvalue weighted by molar-refractivity contribution is 5.91. The molecule has 0 atom stereocenters. The summed E-state index contributed by atoms with van der Waals surface area (Å²) in [6.07, 6.45) is 1.36. The number of rotatable bonds is 7. The van der Waals surface area contributed by atoms with Gasteiger partial charge in [0.05, 0.1) is 13.2 Å². The third-order valence-electron chi connectivity index (χ3n) is 2.59. The Bertz CT molecular complexity index is 430. The van der Waals surface area contributed by atoms with Crippen molar-refractivity contribution in [3.8, 4) is 11.5 Å². The Morgan fingerprint density at radius 3 is 2.42 bits per heavy atom. The zero-order chi connectivity index (χ0) is 14.3. The molecule has 0 unspecified atom stereocenters. The van der Waals surface area contributed by atoms with Crippen molar-refractivity contribution in [3.63, 3.8) is 0 Å². The van der Waals surface area contributed by atoms with Crippen molar-refractivity contribution >= 4 is 11.6 Å². The molecule has 1 amide bonds. The standard InChI is InChI=1S/C15H23NO3/c1-5-8-14(17)16-12-9-11(4)15(19-7-3)13(10-12)18-6-2/h9-10H,5-8H2,1-4H3,(H,16,17). The summed E-state index contributed by atoms with van der Waals surface area (Å²) in [7, 11) is 0. The molecule has 4 nitrogen and oxygen atoms in total. The minimum absolute atomic E-state index is 0.0218. The molecule has 0 aliphatic rings. The van der Waals surface area contributed by atoms with E-state index in [9.17, 15) is 4.79 Å². The smallest absolute Gasteiger partial charge is 0.224 e. The van der Waals surface area contributed by atoms with Crippen molar-refractivity contribution in [3.05, 3.63) is 17.7 Å². The van der Waals surface area contributed by atoms with Gasteiger partial charge in [-0.25, -0.2) is 0 Å². The molecule has 106 valence electrons. The maximum Gasteiger partial charge on any atom is 0.224 e. The van der Waals surface area contributed by atoms with Gasteiger partial charge >= 0.3 is 0 Å². The predicted molar refractivity (Wildman–Crippen MR) is 77.1 cm³/mol. The van der Waals surface area contributed by atoms with E-state index < -0.39 is 0 Å². The van der Waals surface area contributed by atoms with E-state index in [-0.39, 0.29) is 5.91 Å². The highest BCUT2D eigenvalue weighted by atomic mass is 16.5. The van der Waals surface area contributed by atoms with Crippen LogP contribution in [0.15, 0.2) is 12.1 Å². The maximum absolute atomic E-state index is 11.6. The zero-order valence-electron chi connectivity index (χ0n) is 12.2. The molecule has 0 radical (unpaired) electrons. The van der Waals surface area contributed by atoms with E-state index in [0.29, 0.717) is 25.4 Å². The molecular formula is C15H23NO3. The van der Waals surface area contributed by atoms with Gasteiger partial charge in [-0.2, -0.15) is 0 Å². The van der Waals surface area contributed by atoms with Crippen LogP contribution >= 0.6 is 0 Å². The van der Waals surface area contributed by atoms with E-state index >= 15 is 0 Å². The van der Waals surface area contributed by atoms with Gasteiger partial charge in [0.1, 0.15) is 0 Å². The molecule has 0 aliphatic heterocycles. The highest BCUT2D eigenvalue weighted by Crippen LogP contribution is 2.34. The molecular weight excluding hydrogens is 242 g/mol. The number of hydrogen-bond acceptors (Lipinski definition) is 3. The third-order valence-corrected chi connectivity index (χ3v) is 2.59. The summed E-state index contributed by atoms with van der Waals surface area (Å²) >= 11 is 0. The Balaban J connectivity index is 2.98. The van der Waals surface area contributed by atoms with E-state index in [4.69, 9.17) is 9.47 Å². The maximum atomic E-state index is 11.6. The summed E-state index contributed by atoms with van der Waals surface area (Å²) in [6, 6.07) is 3.72. The first-order chi connectivity index (χ1) is 9.12. The van der Waals surface area contributed by atoms with Gasteiger partial charge in [-0.05, 0) is 38.8 Å². The lowest BCUT2D eigenvalue weighted by Gasteiger charge is -2.15. The molecule has 0 bridgehead atoms. The van der Waals surface area contributed by atoms with Crippen LogP contribution in [0.2, 0.25) is 0 Å². The molecule has 0 aromatic heterocycles. The number of benzene rings is 1. The van der Waals surface area contributed by atoms with Crippen molar-refractivity contribution in [2.45, 2.75) is 40.5 Å². The van der Waals surface area contributed by atoms with Gasteiger partial charge < -0.3 is 14.8 Å². The predicted octanol–water partition coefficient (Wildman–Crippen LogP) is 3.53. The number of amides is 1. The van der Waals surface area contributed by atoms with Crippen LogP contribution in [0.1, 0.15) is 39.2 Å². The van der Waals surface area contributed by atoms with Crippen LogP contribution in [-0.2, 0) is 4.79 Å². The van der Waals surface area contributed by atoms with Gasteiger partial charge in [-0.15, -0.1) is 0 Å². The van der Waals surface area contributed by atoms with Gasteiger partial charge in [0.15, 0.2) is 11.5 Å². The van der Waals surface area contributed by atoms with Crippen molar-refractivity contribution in [2.75, 3.05) is 18.5 Å². The van der Waals surface area contributed by atoms with Crippen LogP contribution < -0.4 is 14.8 Å². The summed E-state index contributed by atoms with van der Waals surface area (Å²) in [5.74, 6) is 1.45. The molecule has 0 aliphatic carbocycles. The Morgan fingerprint density at radius 1 is 1.16 bits per heavy atom. The molecule has 4 heteroatoms. The Kier molecular flexibility index (Phi) is 6.19. The highest BCUT2D eigenvalue weighted by Gasteiger charge is 2.11. The summed E-state index contributed by atoms with van der Waals surface area (Å²) < 4.78 is 11.2. The first kappa shape index (κ1) is 15.3. The topological polar surface area (TPSA) is 47.6 Å². The van der Waals surface area contributed by atoms with Gasteiger partial charge in [-0.3, -0.25) is 4.79 Å². The molecule has 1 aromatic carbocycles. The number of hydrogen-bond donors (Lipinski definition) is 1. The van der Waals surface area contributed by atoms with Gasteiger partial charge in [-0.1, -0.05) is 6.92 Å². The second-order valence-corrected chi connectivity index (χ2v) is 4.28. The van der Waals surface area contributed by atoms with Crippen LogP contribution in [0.25, 0.3) is 0 Å². The lowest BCUT2D eigenvalue weighted by Crippen LogP contribution is -2.11. The molecule has 0 spiro atoms. The minimum Gasteiger partial charge on any atom is -0.490 e. The number of carbonyl (C=O) groups excluding carboxylic acids is 1. The molecule has 0 saturated carbocycles. The first-order valence-electron chi connectivity index (χ1n) is 6.82. The molecule has 1 aromatic rings. The lowest BCUT2D eigenvalue weighted by molar-refractivity contribution is -0.116. The van der Waals surface area contributed by atoms with E-state index in [1.807, 2.05) is 39.8 Å². The van der Waals surface area contributed by atoms with E-state index in [1.165, 1.54) is 0 Å². The lowest BCUT2D eigenvalue weighted by atomic mass is 10.1. The number of nitrogens with one attached hydrogen (secondary N) is 1. The molecule has 19 heavy (non-hydrogen) atoms. The Labute approximate surface area is 115 Å². The zero-order valence-corrected chi connectivity index (χ0v) is 12.2. The van der Waals surface area contributed by atoms with Crippen LogP contribution in [0.3, 0.4) is 0 Å². The van der Waals surface area contributed by atoms with Crippen molar-refractivity contribution in [2.24, 2.45) is 0 Å². The van der Waals surface area contributed by atoms with Crippen molar-refractivity contribution < 1.29 is 14.3 Å². The molecule has 0 saturated heterocycles. The van der Waals surface area contributed by atoms with E-state index in [1.54, 1.807) is 0 Å². The first-order valence-corrected chi connectivity index (χ1v) is 6.82. The normalized spacial score (nSPS) is 10.1. The Morgan fingerprint density at radius 2 is 1.84 bits per heavy atom. The fraction of sp³-hybridized carbons (Fsp3) is 0.533. The quantitative estimate of drug-likeness (QED) is 0.820. The SMILES string of the molecule is CCCC(=O)Nc1cc(C)c(OCC)c(OCC)c1. The van der Waals surface area contributed by atoms with Gasteiger partial charge in [0.2, 0.25) is 5.91 Å². The summed E-state index contributed by atoms with van der Waals surface area (Å²) in [5, 5.41) is 2.88. The van der Waals surface area contributed by atoms with Gasteiger partial charge in [0, 0.05) is 18.2 Å². The molecule has 1 rings (SSSR count).